The molecular formula is C12H14ClI. The molecule has 0 aliphatic heterocycles. The lowest BCUT2D eigenvalue weighted by Crippen LogP contribution is -2.21. The van der Waals surface area contributed by atoms with Crippen LogP contribution in [0.3, 0.4) is 0 Å². The van der Waals surface area contributed by atoms with E-state index in [1.54, 1.807) is 0 Å². The summed E-state index contributed by atoms with van der Waals surface area (Å²) in [5.74, 6) is 0. The molecule has 2 heteroatoms. The van der Waals surface area contributed by atoms with E-state index in [9.17, 15) is 0 Å². The van der Waals surface area contributed by atoms with Crippen LogP contribution in [0.2, 0.25) is 5.02 Å². The third-order valence-electron chi connectivity index (χ3n) is 2.97. The fourth-order valence-corrected chi connectivity index (χ4v) is 3.45. The molecule has 1 unspecified atom stereocenters. The molecule has 1 aliphatic carbocycles. The van der Waals surface area contributed by atoms with Crippen molar-refractivity contribution in [1.29, 1.82) is 0 Å². The van der Waals surface area contributed by atoms with Gasteiger partial charge < -0.3 is 0 Å². The molecule has 0 bridgehead atoms. The second kappa shape index (κ2) is 3.67. The number of hydrogen-bond acceptors (Lipinski definition) is 0. The number of fused-ring (bicyclic) bond motifs is 1. The van der Waals surface area contributed by atoms with Gasteiger partial charge in [0.05, 0.1) is 0 Å². The SMILES string of the molecule is Cc1cc(Cl)c2c(c1)C(C)(I)CCC2. The van der Waals surface area contributed by atoms with Gasteiger partial charge in [0.1, 0.15) is 0 Å². The van der Waals surface area contributed by atoms with Crippen molar-refractivity contribution in [3.05, 3.63) is 33.8 Å². The topological polar surface area (TPSA) is 0 Å². The van der Waals surface area contributed by atoms with E-state index in [0.717, 1.165) is 11.4 Å². The lowest BCUT2D eigenvalue weighted by Gasteiger charge is -2.31. The average molecular weight is 321 g/mol. The first-order valence-corrected chi connectivity index (χ1v) is 6.45. The summed E-state index contributed by atoms with van der Waals surface area (Å²) in [7, 11) is 0. The number of alkyl halides is 1. The van der Waals surface area contributed by atoms with Crippen molar-refractivity contribution in [2.24, 2.45) is 0 Å². The van der Waals surface area contributed by atoms with Crippen molar-refractivity contribution < 1.29 is 0 Å². The molecule has 76 valence electrons. The van der Waals surface area contributed by atoms with Crippen LogP contribution in [0.25, 0.3) is 0 Å². The van der Waals surface area contributed by atoms with Gasteiger partial charge in [0, 0.05) is 8.44 Å². The van der Waals surface area contributed by atoms with Gasteiger partial charge in [-0.05, 0) is 55.9 Å². The van der Waals surface area contributed by atoms with E-state index in [4.69, 9.17) is 11.6 Å². The molecule has 14 heavy (non-hydrogen) atoms. The van der Waals surface area contributed by atoms with E-state index in [1.165, 1.54) is 29.5 Å². The molecule has 0 spiro atoms. The summed E-state index contributed by atoms with van der Waals surface area (Å²) < 4.78 is 0.279. The minimum atomic E-state index is 0.279. The summed E-state index contributed by atoms with van der Waals surface area (Å²) in [5.41, 5.74) is 4.10. The predicted octanol–water partition coefficient (Wildman–Crippen LogP) is 4.63. The Labute approximate surface area is 104 Å². The average Bonchev–Trinajstić information content (AvgIpc) is 2.06. The van der Waals surface area contributed by atoms with E-state index >= 15 is 0 Å². The predicted molar refractivity (Wildman–Crippen MR) is 70.5 cm³/mol. The molecule has 0 heterocycles. The lowest BCUT2D eigenvalue weighted by molar-refractivity contribution is 0.568. The number of halogens is 2. The molecule has 0 radical (unpaired) electrons. The second-order valence-electron chi connectivity index (χ2n) is 4.32. The van der Waals surface area contributed by atoms with Crippen molar-refractivity contribution in [2.75, 3.05) is 0 Å². The summed E-state index contributed by atoms with van der Waals surface area (Å²) in [5, 5.41) is 0.961. The Kier molecular flexibility index (Phi) is 2.82. The van der Waals surface area contributed by atoms with Gasteiger partial charge in [-0.15, -0.1) is 0 Å². The van der Waals surface area contributed by atoms with Gasteiger partial charge in [-0.25, -0.2) is 0 Å². The van der Waals surface area contributed by atoms with E-state index in [-0.39, 0.29) is 3.42 Å². The third-order valence-corrected chi connectivity index (χ3v) is 4.43. The van der Waals surface area contributed by atoms with Gasteiger partial charge in [-0.2, -0.15) is 0 Å². The molecule has 1 atom stereocenters. The molecule has 1 aromatic rings. The van der Waals surface area contributed by atoms with Crippen molar-refractivity contribution >= 4 is 34.2 Å². The van der Waals surface area contributed by atoms with Crippen LogP contribution in [0, 0.1) is 6.92 Å². The first-order chi connectivity index (χ1) is 6.50. The summed E-state index contributed by atoms with van der Waals surface area (Å²) in [4.78, 5) is 0. The minimum absolute atomic E-state index is 0.279. The van der Waals surface area contributed by atoms with Crippen LogP contribution in [0.4, 0.5) is 0 Å². The largest absolute Gasteiger partial charge is 0.0840 e. The second-order valence-corrected chi connectivity index (χ2v) is 7.11. The fourth-order valence-electron chi connectivity index (χ4n) is 2.22. The van der Waals surface area contributed by atoms with E-state index in [1.807, 2.05) is 0 Å². The summed E-state index contributed by atoms with van der Waals surface area (Å²) >= 11 is 8.83. The summed E-state index contributed by atoms with van der Waals surface area (Å²) in [6.07, 6.45) is 3.67. The maximum absolute atomic E-state index is 6.27. The maximum Gasteiger partial charge on any atom is 0.0445 e. The highest BCUT2D eigenvalue weighted by Crippen LogP contribution is 2.44. The Balaban J connectivity index is 2.63. The lowest BCUT2D eigenvalue weighted by atomic mass is 9.83. The Hall–Kier alpha value is 0.240. The number of rotatable bonds is 0. The normalized spacial score (nSPS) is 26.0. The van der Waals surface area contributed by atoms with E-state index < -0.39 is 0 Å². The Morgan fingerprint density at radius 2 is 2.14 bits per heavy atom. The standard InChI is InChI=1S/C12H14ClI/c1-8-6-10-9(11(13)7-8)4-3-5-12(10,2)14/h6-7H,3-5H2,1-2H3. The van der Waals surface area contributed by atoms with Gasteiger partial charge in [0.15, 0.2) is 0 Å². The van der Waals surface area contributed by atoms with Crippen molar-refractivity contribution in [2.45, 2.75) is 36.5 Å². The molecule has 1 aromatic carbocycles. The van der Waals surface area contributed by atoms with Gasteiger partial charge >= 0.3 is 0 Å². The van der Waals surface area contributed by atoms with E-state index in [2.05, 4.69) is 48.6 Å². The van der Waals surface area contributed by atoms with Crippen molar-refractivity contribution in [3.63, 3.8) is 0 Å². The molecule has 0 saturated carbocycles. The van der Waals surface area contributed by atoms with Gasteiger partial charge in [-0.1, -0.05) is 40.3 Å². The highest BCUT2D eigenvalue weighted by Gasteiger charge is 2.30. The zero-order chi connectivity index (χ0) is 10.3. The van der Waals surface area contributed by atoms with Crippen LogP contribution in [0.5, 0.6) is 0 Å². The molecule has 0 saturated heterocycles. The molecular weight excluding hydrogens is 306 g/mol. The molecule has 0 aromatic heterocycles. The molecule has 0 amide bonds. The monoisotopic (exact) mass is 320 g/mol. The van der Waals surface area contributed by atoms with Gasteiger partial charge in [-0.3, -0.25) is 0 Å². The van der Waals surface area contributed by atoms with Crippen LogP contribution >= 0.6 is 34.2 Å². The highest BCUT2D eigenvalue weighted by molar-refractivity contribution is 14.1. The van der Waals surface area contributed by atoms with Crippen molar-refractivity contribution in [1.82, 2.24) is 0 Å². The van der Waals surface area contributed by atoms with Gasteiger partial charge in [0.25, 0.3) is 0 Å². The Morgan fingerprint density at radius 3 is 2.86 bits per heavy atom. The van der Waals surface area contributed by atoms with Crippen LogP contribution in [-0.2, 0) is 9.84 Å². The van der Waals surface area contributed by atoms with Crippen LogP contribution in [0.15, 0.2) is 12.1 Å². The number of aryl methyl sites for hydroxylation is 1. The number of hydrogen-bond donors (Lipinski definition) is 0. The van der Waals surface area contributed by atoms with Crippen molar-refractivity contribution in [3.8, 4) is 0 Å². The van der Waals surface area contributed by atoms with Crippen LogP contribution < -0.4 is 0 Å². The molecule has 0 N–H and O–H groups in total. The smallest absolute Gasteiger partial charge is 0.0445 e. The quantitative estimate of drug-likeness (QED) is 0.483. The minimum Gasteiger partial charge on any atom is -0.0840 e. The first-order valence-electron chi connectivity index (χ1n) is 4.99. The molecule has 0 nitrogen and oxygen atoms in total. The Morgan fingerprint density at radius 1 is 1.43 bits per heavy atom. The molecule has 0 fully saturated rings. The zero-order valence-electron chi connectivity index (χ0n) is 8.53. The summed E-state index contributed by atoms with van der Waals surface area (Å²) in [6.45, 7) is 4.43. The van der Waals surface area contributed by atoms with E-state index in [0.29, 0.717) is 0 Å². The molecule has 2 rings (SSSR count). The Bertz CT molecular complexity index is 369. The molecule has 1 aliphatic rings. The van der Waals surface area contributed by atoms with Gasteiger partial charge in [0.2, 0.25) is 0 Å². The van der Waals surface area contributed by atoms with Crippen LogP contribution in [-0.4, -0.2) is 0 Å². The highest BCUT2D eigenvalue weighted by atomic mass is 127. The van der Waals surface area contributed by atoms with Crippen LogP contribution in [0.1, 0.15) is 36.5 Å². The fraction of sp³-hybridized carbons (Fsp3) is 0.500. The maximum atomic E-state index is 6.27. The number of benzene rings is 1. The first kappa shape index (κ1) is 10.7. The third kappa shape index (κ3) is 1.81. The zero-order valence-corrected chi connectivity index (χ0v) is 11.4. The summed E-state index contributed by atoms with van der Waals surface area (Å²) in [6, 6.07) is 4.38.